The lowest BCUT2D eigenvalue weighted by Crippen LogP contribution is -2.39. The fraction of sp³-hybridized carbons (Fsp3) is 0.600. The van der Waals surface area contributed by atoms with Crippen LogP contribution in [0.1, 0.15) is 45.6 Å². The molecule has 1 unspecified atom stereocenters. The van der Waals surface area contributed by atoms with Crippen molar-refractivity contribution >= 4 is 21.6 Å². The lowest BCUT2D eigenvalue weighted by atomic mass is 10.2. The van der Waals surface area contributed by atoms with Crippen molar-refractivity contribution in [1.82, 2.24) is 4.31 Å². The maximum absolute atomic E-state index is 14.1. The first-order valence-electron chi connectivity index (χ1n) is 7.24. The molecule has 0 N–H and O–H groups in total. The van der Waals surface area contributed by atoms with Crippen molar-refractivity contribution in [1.29, 1.82) is 0 Å². The van der Waals surface area contributed by atoms with Gasteiger partial charge in [-0.2, -0.15) is 4.31 Å². The summed E-state index contributed by atoms with van der Waals surface area (Å²) in [5.74, 6) is -0.583. The maximum Gasteiger partial charge on any atom is 0.246 e. The molecule has 0 amide bonds. The fourth-order valence-corrected chi connectivity index (χ4v) is 4.01. The van der Waals surface area contributed by atoms with Crippen LogP contribution in [0.4, 0.5) is 4.39 Å². The van der Waals surface area contributed by atoms with Gasteiger partial charge in [-0.3, -0.25) is 0 Å². The summed E-state index contributed by atoms with van der Waals surface area (Å²) in [5, 5.41) is 0. The van der Waals surface area contributed by atoms with Crippen LogP contribution in [0, 0.1) is 5.82 Å². The Morgan fingerprint density at radius 1 is 1.33 bits per heavy atom. The van der Waals surface area contributed by atoms with Gasteiger partial charge in [0.1, 0.15) is 10.7 Å². The lowest BCUT2D eigenvalue weighted by Gasteiger charge is -2.27. The van der Waals surface area contributed by atoms with Crippen molar-refractivity contribution in [3.63, 3.8) is 0 Å². The number of hydrogen-bond donors (Lipinski definition) is 0. The number of halogens is 2. The van der Waals surface area contributed by atoms with Crippen LogP contribution in [0.2, 0.25) is 0 Å². The molecule has 1 aromatic rings. The van der Waals surface area contributed by atoms with Crippen LogP contribution in [-0.2, 0) is 15.9 Å². The van der Waals surface area contributed by atoms with Crippen molar-refractivity contribution in [2.75, 3.05) is 6.54 Å². The summed E-state index contributed by atoms with van der Waals surface area (Å²) in [6.07, 6.45) is 2.32. The van der Waals surface area contributed by atoms with Crippen LogP contribution in [0.25, 0.3) is 0 Å². The van der Waals surface area contributed by atoms with E-state index in [2.05, 4.69) is 0 Å². The number of benzene rings is 1. The van der Waals surface area contributed by atoms with Crippen LogP contribution < -0.4 is 0 Å². The number of alkyl halides is 1. The molecule has 0 aliphatic carbocycles. The summed E-state index contributed by atoms with van der Waals surface area (Å²) >= 11 is 5.64. The van der Waals surface area contributed by atoms with Gasteiger partial charge >= 0.3 is 0 Å². The van der Waals surface area contributed by atoms with Gasteiger partial charge in [0.2, 0.25) is 10.0 Å². The maximum atomic E-state index is 14.1. The van der Waals surface area contributed by atoms with Gasteiger partial charge in [0.25, 0.3) is 0 Å². The highest BCUT2D eigenvalue weighted by atomic mass is 35.5. The second-order valence-electron chi connectivity index (χ2n) is 5.12. The van der Waals surface area contributed by atoms with Gasteiger partial charge in [0.05, 0.1) is 0 Å². The molecule has 0 aromatic heterocycles. The molecular weight excluding hydrogens is 313 g/mol. The lowest BCUT2D eigenvalue weighted by molar-refractivity contribution is 0.322. The molecule has 0 aliphatic rings. The fourth-order valence-electron chi connectivity index (χ4n) is 2.06. The molecular formula is C15H23ClFNO2S. The van der Waals surface area contributed by atoms with Crippen molar-refractivity contribution in [2.24, 2.45) is 0 Å². The molecule has 0 aliphatic heterocycles. The van der Waals surface area contributed by atoms with E-state index in [1.54, 1.807) is 6.07 Å². The first kappa shape index (κ1) is 18.4. The molecule has 0 heterocycles. The van der Waals surface area contributed by atoms with E-state index in [4.69, 9.17) is 11.6 Å². The second-order valence-corrected chi connectivity index (χ2v) is 7.25. The highest BCUT2D eigenvalue weighted by Crippen LogP contribution is 2.24. The third kappa shape index (κ3) is 4.41. The molecule has 3 nitrogen and oxygen atoms in total. The van der Waals surface area contributed by atoms with Crippen LogP contribution in [0.5, 0.6) is 0 Å². The number of sulfonamides is 1. The molecule has 0 fully saturated rings. The summed E-state index contributed by atoms with van der Waals surface area (Å²) in [7, 11) is -3.83. The molecule has 120 valence electrons. The van der Waals surface area contributed by atoms with E-state index in [0.29, 0.717) is 18.5 Å². The van der Waals surface area contributed by atoms with E-state index >= 15 is 0 Å². The SMILES string of the molecule is CCCCN(C(C)CC)S(=O)(=O)c1ccc(CCl)cc1F. The molecule has 6 heteroatoms. The Bertz CT molecular complexity index is 563. The largest absolute Gasteiger partial charge is 0.246 e. The van der Waals surface area contributed by atoms with Crippen LogP contribution in [0.15, 0.2) is 23.1 Å². The van der Waals surface area contributed by atoms with Gasteiger partial charge in [-0.15, -0.1) is 11.6 Å². The Balaban J connectivity index is 3.21. The zero-order chi connectivity index (χ0) is 16.0. The predicted octanol–water partition coefficient (Wildman–Crippen LogP) is 4.15. The Kier molecular flexibility index (Phi) is 7.10. The Labute approximate surface area is 132 Å². The van der Waals surface area contributed by atoms with Crippen LogP contribution in [-0.4, -0.2) is 25.3 Å². The van der Waals surface area contributed by atoms with Gasteiger partial charge in [-0.05, 0) is 37.5 Å². The highest BCUT2D eigenvalue weighted by Gasteiger charge is 2.30. The van der Waals surface area contributed by atoms with Gasteiger partial charge in [-0.25, -0.2) is 12.8 Å². The number of hydrogen-bond acceptors (Lipinski definition) is 2. The van der Waals surface area contributed by atoms with E-state index in [1.807, 2.05) is 20.8 Å². The van der Waals surface area contributed by atoms with E-state index in [-0.39, 0.29) is 16.8 Å². The highest BCUT2D eigenvalue weighted by molar-refractivity contribution is 7.89. The van der Waals surface area contributed by atoms with Gasteiger partial charge in [-0.1, -0.05) is 26.3 Å². The zero-order valence-corrected chi connectivity index (χ0v) is 14.3. The smallest absolute Gasteiger partial charge is 0.207 e. The molecule has 0 saturated heterocycles. The Morgan fingerprint density at radius 2 is 2.00 bits per heavy atom. The van der Waals surface area contributed by atoms with Gasteiger partial charge in [0, 0.05) is 18.5 Å². The molecule has 0 saturated carbocycles. The van der Waals surface area contributed by atoms with E-state index in [9.17, 15) is 12.8 Å². The quantitative estimate of drug-likeness (QED) is 0.669. The monoisotopic (exact) mass is 335 g/mol. The summed E-state index contributed by atoms with van der Waals surface area (Å²) in [4.78, 5) is -0.271. The summed E-state index contributed by atoms with van der Waals surface area (Å²) in [6.45, 7) is 6.17. The van der Waals surface area contributed by atoms with Gasteiger partial charge < -0.3 is 0 Å². The predicted molar refractivity (Wildman–Crippen MR) is 84.5 cm³/mol. The minimum Gasteiger partial charge on any atom is -0.207 e. The summed E-state index contributed by atoms with van der Waals surface area (Å²) in [5.41, 5.74) is 0.566. The standard InChI is InChI=1S/C15H23ClFNO2S/c1-4-6-9-18(12(3)5-2)21(19,20)15-8-7-13(11-16)10-14(15)17/h7-8,10,12H,4-6,9,11H2,1-3H3. The third-order valence-electron chi connectivity index (χ3n) is 3.55. The minimum absolute atomic E-state index is 0.155. The summed E-state index contributed by atoms with van der Waals surface area (Å²) in [6, 6.07) is 3.89. The van der Waals surface area contributed by atoms with Crippen molar-refractivity contribution in [2.45, 2.75) is 56.9 Å². The average Bonchev–Trinajstić information content (AvgIpc) is 2.46. The zero-order valence-electron chi connectivity index (χ0n) is 12.8. The molecule has 1 aromatic carbocycles. The molecule has 21 heavy (non-hydrogen) atoms. The molecule has 0 radical (unpaired) electrons. The first-order valence-corrected chi connectivity index (χ1v) is 9.22. The van der Waals surface area contributed by atoms with Crippen molar-refractivity contribution < 1.29 is 12.8 Å². The Hall–Kier alpha value is -0.650. The van der Waals surface area contributed by atoms with Crippen LogP contribution in [0.3, 0.4) is 0 Å². The topological polar surface area (TPSA) is 37.4 Å². The van der Waals surface area contributed by atoms with E-state index < -0.39 is 15.8 Å². The van der Waals surface area contributed by atoms with Crippen molar-refractivity contribution in [3.8, 4) is 0 Å². The van der Waals surface area contributed by atoms with Crippen LogP contribution >= 0.6 is 11.6 Å². The van der Waals surface area contributed by atoms with E-state index in [0.717, 1.165) is 12.8 Å². The molecule has 1 atom stereocenters. The Morgan fingerprint density at radius 3 is 2.48 bits per heavy atom. The normalized spacial score (nSPS) is 13.6. The van der Waals surface area contributed by atoms with E-state index in [1.165, 1.54) is 16.4 Å². The van der Waals surface area contributed by atoms with Crippen molar-refractivity contribution in [3.05, 3.63) is 29.6 Å². The summed E-state index contributed by atoms with van der Waals surface area (Å²) < 4.78 is 40.9. The number of rotatable bonds is 8. The molecule has 1 rings (SSSR count). The molecule has 0 spiro atoms. The minimum atomic E-state index is -3.83. The number of nitrogens with zero attached hydrogens (tertiary/aromatic N) is 1. The van der Waals surface area contributed by atoms with Gasteiger partial charge in [0.15, 0.2) is 0 Å². The first-order chi connectivity index (χ1) is 9.88. The second kappa shape index (κ2) is 8.11. The average molecular weight is 336 g/mol. The number of unbranched alkanes of at least 4 members (excludes halogenated alkanes) is 1. The molecule has 0 bridgehead atoms. The third-order valence-corrected chi connectivity index (χ3v) is 5.91.